The Bertz CT molecular complexity index is 1120. The summed E-state index contributed by atoms with van der Waals surface area (Å²) >= 11 is 0. The number of carbonyl (C=O) groups is 3. The molecule has 2 aromatic heterocycles. The molecule has 0 aliphatic heterocycles. The van der Waals surface area contributed by atoms with Crippen LogP contribution in [0.5, 0.6) is 0 Å². The fraction of sp³-hybridized carbons (Fsp3) is 0.143. The Hall–Kier alpha value is -4.12. The number of esters is 1. The molecule has 1 N–H and O–H groups in total. The standard InChI is InChI=1S/C21H17N3O5/c1-13(25)15-6-5-7-16(10-15)23-18(26)12-28-21(27)19-14(2)29-20(17(19)11-22)24-8-3-4-9-24/h3-10H,12H2,1-2H3,(H,23,26). The molecular weight excluding hydrogens is 374 g/mol. The molecule has 8 nitrogen and oxygen atoms in total. The van der Waals surface area contributed by atoms with Crippen LogP contribution >= 0.6 is 0 Å². The van der Waals surface area contributed by atoms with Crippen molar-refractivity contribution >= 4 is 23.3 Å². The molecule has 0 fully saturated rings. The van der Waals surface area contributed by atoms with Gasteiger partial charge in [-0.15, -0.1) is 0 Å². The number of Topliss-reactive ketones (excluding diaryl/α,β-unsaturated/α-hetero) is 1. The summed E-state index contributed by atoms with van der Waals surface area (Å²) < 4.78 is 12.2. The highest BCUT2D eigenvalue weighted by Gasteiger charge is 2.26. The summed E-state index contributed by atoms with van der Waals surface area (Å²) in [6.07, 6.45) is 3.35. The minimum absolute atomic E-state index is 0.0254. The second-order valence-corrected chi connectivity index (χ2v) is 6.18. The molecule has 2 heterocycles. The number of amides is 1. The van der Waals surface area contributed by atoms with Crippen molar-refractivity contribution in [3.63, 3.8) is 0 Å². The van der Waals surface area contributed by atoms with Crippen LogP contribution in [0.4, 0.5) is 5.69 Å². The number of nitrogens with zero attached hydrogens (tertiary/aromatic N) is 2. The first kappa shape index (κ1) is 19.6. The number of nitrogens with one attached hydrogen (secondary N) is 1. The van der Waals surface area contributed by atoms with E-state index in [1.54, 1.807) is 47.3 Å². The van der Waals surface area contributed by atoms with E-state index in [2.05, 4.69) is 5.32 Å². The van der Waals surface area contributed by atoms with Gasteiger partial charge in [0.1, 0.15) is 23.0 Å². The summed E-state index contributed by atoms with van der Waals surface area (Å²) in [5, 5.41) is 12.0. The fourth-order valence-corrected chi connectivity index (χ4v) is 2.75. The maximum Gasteiger partial charge on any atom is 0.343 e. The number of rotatable bonds is 6. The van der Waals surface area contributed by atoms with Gasteiger partial charge in [0.15, 0.2) is 12.4 Å². The average molecular weight is 391 g/mol. The Morgan fingerprint density at radius 2 is 1.93 bits per heavy atom. The molecule has 0 spiro atoms. The van der Waals surface area contributed by atoms with Crippen molar-refractivity contribution in [3.8, 4) is 12.0 Å². The molecule has 8 heteroatoms. The summed E-state index contributed by atoms with van der Waals surface area (Å²) in [4.78, 5) is 36.0. The fourth-order valence-electron chi connectivity index (χ4n) is 2.75. The summed E-state index contributed by atoms with van der Waals surface area (Å²) in [6.45, 7) is 2.40. The van der Waals surface area contributed by atoms with E-state index in [0.717, 1.165) is 0 Å². The number of furan rings is 1. The number of hydrogen-bond donors (Lipinski definition) is 1. The van der Waals surface area contributed by atoms with Gasteiger partial charge >= 0.3 is 5.97 Å². The van der Waals surface area contributed by atoms with Crippen molar-refractivity contribution in [1.29, 1.82) is 5.26 Å². The van der Waals surface area contributed by atoms with Crippen LogP contribution in [0.25, 0.3) is 5.88 Å². The average Bonchev–Trinajstić information content (AvgIpc) is 3.33. The number of benzene rings is 1. The van der Waals surface area contributed by atoms with E-state index in [9.17, 15) is 19.6 Å². The summed E-state index contributed by atoms with van der Waals surface area (Å²) in [5.74, 6) is -1.14. The maximum absolute atomic E-state index is 12.5. The maximum atomic E-state index is 12.5. The Balaban J connectivity index is 1.70. The van der Waals surface area contributed by atoms with Crippen LogP contribution < -0.4 is 5.32 Å². The third-order valence-corrected chi connectivity index (χ3v) is 4.11. The lowest BCUT2D eigenvalue weighted by Crippen LogP contribution is -2.21. The van der Waals surface area contributed by atoms with Crippen molar-refractivity contribution in [2.24, 2.45) is 0 Å². The number of anilines is 1. The van der Waals surface area contributed by atoms with Crippen molar-refractivity contribution < 1.29 is 23.5 Å². The molecule has 0 atom stereocenters. The predicted octanol–water partition coefficient (Wildman–Crippen LogP) is 3.25. The monoisotopic (exact) mass is 391 g/mol. The van der Waals surface area contributed by atoms with E-state index in [4.69, 9.17) is 9.15 Å². The van der Waals surface area contributed by atoms with Gasteiger partial charge in [0.2, 0.25) is 5.88 Å². The van der Waals surface area contributed by atoms with Gasteiger partial charge in [0.05, 0.1) is 0 Å². The molecule has 0 saturated carbocycles. The topological polar surface area (TPSA) is 114 Å². The smallest absolute Gasteiger partial charge is 0.343 e. The van der Waals surface area contributed by atoms with Crippen molar-refractivity contribution in [2.75, 3.05) is 11.9 Å². The molecule has 0 aliphatic carbocycles. The number of ketones is 1. The van der Waals surface area contributed by atoms with Gasteiger partial charge in [-0.1, -0.05) is 12.1 Å². The van der Waals surface area contributed by atoms with Crippen LogP contribution in [0.3, 0.4) is 0 Å². The zero-order chi connectivity index (χ0) is 21.0. The molecule has 0 aliphatic rings. The first-order valence-electron chi connectivity index (χ1n) is 8.65. The van der Waals surface area contributed by atoms with E-state index < -0.39 is 18.5 Å². The molecule has 0 saturated heterocycles. The zero-order valence-corrected chi connectivity index (χ0v) is 15.8. The second kappa shape index (κ2) is 8.27. The van der Waals surface area contributed by atoms with Gasteiger partial charge in [-0.25, -0.2) is 4.79 Å². The largest absolute Gasteiger partial charge is 0.452 e. The molecular formula is C21H17N3O5. The lowest BCUT2D eigenvalue weighted by atomic mass is 10.1. The zero-order valence-electron chi connectivity index (χ0n) is 15.8. The Morgan fingerprint density at radius 3 is 2.59 bits per heavy atom. The first-order valence-corrected chi connectivity index (χ1v) is 8.65. The molecule has 1 aromatic carbocycles. The van der Waals surface area contributed by atoms with Crippen LogP contribution in [-0.4, -0.2) is 28.8 Å². The molecule has 0 radical (unpaired) electrons. The Kier molecular flexibility index (Phi) is 5.60. The molecule has 146 valence electrons. The van der Waals surface area contributed by atoms with Gasteiger partial charge in [-0.3, -0.25) is 14.2 Å². The number of hydrogen-bond acceptors (Lipinski definition) is 6. The van der Waals surface area contributed by atoms with Crippen molar-refractivity contribution in [1.82, 2.24) is 4.57 Å². The molecule has 1 amide bonds. The van der Waals surface area contributed by atoms with Gasteiger partial charge in [-0.05, 0) is 38.1 Å². The van der Waals surface area contributed by atoms with Gasteiger partial charge < -0.3 is 14.5 Å². The summed E-state index contributed by atoms with van der Waals surface area (Å²) in [7, 11) is 0. The normalized spacial score (nSPS) is 10.2. The van der Waals surface area contributed by atoms with Crippen LogP contribution in [0.15, 0.2) is 53.2 Å². The lowest BCUT2D eigenvalue weighted by molar-refractivity contribution is -0.119. The van der Waals surface area contributed by atoms with Gasteiger partial charge in [0.25, 0.3) is 5.91 Å². The van der Waals surface area contributed by atoms with E-state index in [1.165, 1.54) is 19.9 Å². The van der Waals surface area contributed by atoms with E-state index in [0.29, 0.717) is 11.3 Å². The highest BCUT2D eigenvalue weighted by Crippen LogP contribution is 2.26. The molecule has 29 heavy (non-hydrogen) atoms. The number of nitriles is 1. The highest BCUT2D eigenvalue weighted by molar-refractivity contribution is 5.99. The number of ether oxygens (including phenoxy) is 1. The van der Waals surface area contributed by atoms with Crippen LogP contribution in [0, 0.1) is 18.3 Å². The number of aryl methyl sites for hydroxylation is 1. The summed E-state index contributed by atoms with van der Waals surface area (Å²) in [6, 6.07) is 11.9. The minimum atomic E-state index is -0.839. The van der Waals surface area contributed by atoms with Crippen molar-refractivity contribution in [3.05, 3.63) is 71.2 Å². The van der Waals surface area contributed by atoms with Crippen LogP contribution in [0.2, 0.25) is 0 Å². The van der Waals surface area contributed by atoms with Gasteiger partial charge in [-0.2, -0.15) is 5.26 Å². The number of aromatic nitrogens is 1. The highest BCUT2D eigenvalue weighted by atomic mass is 16.5. The molecule has 0 bridgehead atoms. The number of carbonyl (C=O) groups excluding carboxylic acids is 3. The SMILES string of the molecule is CC(=O)c1cccc(NC(=O)COC(=O)c2c(C)oc(-n3cccc3)c2C#N)c1. The summed E-state index contributed by atoms with van der Waals surface area (Å²) in [5.41, 5.74) is 0.858. The second-order valence-electron chi connectivity index (χ2n) is 6.18. The van der Waals surface area contributed by atoms with Crippen molar-refractivity contribution in [2.45, 2.75) is 13.8 Å². The minimum Gasteiger partial charge on any atom is -0.452 e. The first-order chi connectivity index (χ1) is 13.9. The van der Waals surface area contributed by atoms with E-state index >= 15 is 0 Å². The Labute approximate surface area is 166 Å². The molecule has 3 rings (SSSR count). The predicted molar refractivity (Wildman–Crippen MR) is 103 cm³/mol. The third-order valence-electron chi connectivity index (χ3n) is 4.11. The van der Waals surface area contributed by atoms with E-state index in [1.807, 2.05) is 6.07 Å². The Morgan fingerprint density at radius 1 is 1.21 bits per heavy atom. The quantitative estimate of drug-likeness (QED) is 0.510. The van der Waals surface area contributed by atoms with Crippen LogP contribution in [-0.2, 0) is 9.53 Å². The molecule has 0 unspecified atom stereocenters. The molecule has 3 aromatic rings. The van der Waals surface area contributed by atoms with Gasteiger partial charge in [0, 0.05) is 23.6 Å². The van der Waals surface area contributed by atoms with E-state index in [-0.39, 0.29) is 28.6 Å². The third kappa shape index (κ3) is 4.25. The lowest BCUT2D eigenvalue weighted by Gasteiger charge is -2.07. The van der Waals surface area contributed by atoms with Crippen LogP contribution in [0.1, 0.15) is 39.0 Å².